The fraction of sp³-hybridized carbons (Fsp3) is 0.333. The monoisotopic (exact) mass is 230 g/mol. The van der Waals surface area contributed by atoms with Gasteiger partial charge < -0.3 is 9.47 Å². The van der Waals surface area contributed by atoms with Crippen LogP contribution in [0.25, 0.3) is 5.57 Å². The Labute approximate surface area is 103 Å². The standard InChI is InChI=1S/C15H18O2/c1-15(17-3)10-9-13(14(11-15)16-2)12-7-5-4-6-8-12/h4-9,11H,10H2,1-3H3/t15-/m0/s1. The molecular formula is C15H18O2. The molecule has 2 rings (SSSR count). The van der Waals surface area contributed by atoms with Crippen LogP contribution in [0.15, 0.2) is 48.2 Å². The normalized spacial score (nSPS) is 23.9. The van der Waals surface area contributed by atoms with Crippen LogP contribution in [0.1, 0.15) is 18.9 Å². The molecule has 17 heavy (non-hydrogen) atoms. The summed E-state index contributed by atoms with van der Waals surface area (Å²) in [6, 6.07) is 10.3. The zero-order valence-corrected chi connectivity index (χ0v) is 10.6. The highest BCUT2D eigenvalue weighted by Gasteiger charge is 2.26. The Bertz CT molecular complexity index is 445. The molecular weight excluding hydrogens is 212 g/mol. The topological polar surface area (TPSA) is 18.5 Å². The van der Waals surface area contributed by atoms with E-state index in [2.05, 4.69) is 31.2 Å². The van der Waals surface area contributed by atoms with Crippen LogP contribution in [0.5, 0.6) is 0 Å². The molecule has 0 unspecified atom stereocenters. The first-order valence-electron chi connectivity index (χ1n) is 5.76. The quantitative estimate of drug-likeness (QED) is 0.792. The van der Waals surface area contributed by atoms with Crippen LogP contribution in [0, 0.1) is 0 Å². The van der Waals surface area contributed by atoms with Crippen molar-refractivity contribution in [1.82, 2.24) is 0 Å². The minimum Gasteiger partial charge on any atom is -0.496 e. The number of hydrogen-bond acceptors (Lipinski definition) is 2. The van der Waals surface area contributed by atoms with Crippen molar-refractivity contribution in [3.8, 4) is 0 Å². The van der Waals surface area contributed by atoms with Gasteiger partial charge in [-0.25, -0.2) is 0 Å². The van der Waals surface area contributed by atoms with Gasteiger partial charge in [-0.05, 0) is 25.0 Å². The number of methoxy groups -OCH3 is 2. The van der Waals surface area contributed by atoms with Gasteiger partial charge in [0.15, 0.2) is 0 Å². The lowest BCUT2D eigenvalue weighted by Gasteiger charge is -2.29. The maximum atomic E-state index is 5.49. The smallest absolute Gasteiger partial charge is 0.125 e. The zero-order valence-electron chi connectivity index (χ0n) is 10.6. The molecule has 0 aromatic heterocycles. The number of benzene rings is 1. The Morgan fingerprint density at radius 1 is 1.12 bits per heavy atom. The summed E-state index contributed by atoms with van der Waals surface area (Å²) < 4.78 is 11.0. The van der Waals surface area contributed by atoms with Gasteiger partial charge >= 0.3 is 0 Å². The van der Waals surface area contributed by atoms with Crippen LogP contribution in [-0.2, 0) is 9.47 Å². The summed E-state index contributed by atoms with van der Waals surface area (Å²) in [6.45, 7) is 2.06. The van der Waals surface area contributed by atoms with Crippen molar-refractivity contribution in [3.63, 3.8) is 0 Å². The average Bonchev–Trinajstić information content (AvgIpc) is 2.39. The van der Waals surface area contributed by atoms with E-state index in [0.717, 1.165) is 17.8 Å². The van der Waals surface area contributed by atoms with Gasteiger partial charge in [0.1, 0.15) is 5.76 Å². The van der Waals surface area contributed by atoms with E-state index < -0.39 is 0 Å². The molecule has 1 aliphatic rings. The lowest BCUT2D eigenvalue weighted by atomic mass is 9.89. The first kappa shape index (κ1) is 11.9. The van der Waals surface area contributed by atoms with E-state index in [0.29, 0.717) is 0 Å². The number of allylic oxidation sites excluding steroid dienone is 1. The Morgan fingerprint density at radius 3 is 2.41 bits per heavy atom. The fourth-order valence-corrected chi connectivity index (χ4v) is 2.01. The first-order valence-corrected chi connectivity index (χ1v) is 5.76. The van der Waals surface area contributed by atoms with Crippen molar-refractivity contribution in [2.45, 2.75) is 18.9 Å². The molecule has 0 heterocycles. The number of rotatable bonds is 3. The van der Waals surface area contributed by atoms with E-state index in [9.17, 15) is 0 Å². The van der Waals surface area contributed by atoms with Crippen LogP contribution >= 0.6 is 0 Å². The predicted octanol–water partition coefficient (Wildman–Crippen LogP) is 3.41. The maximum Gasteiger partial charge on any atom is 0.125 e. The van der Waals surface area contributed by atoms with Crippen LogP contribution in [0.4, 0.5) is 0 Å². The molecule has 0 radical (unpaired) electrons. The van der Waals surface area contributed by atoms with Crippen molar-refractivity contribution >= 4 is 5.57 Å². The third-order valence-corrected chi connectivity index (χ3v) is 3.18. The molecule has 0 saturated heterocycles. The van der Waals surface area contributed by atoms with Crippen molar-refractivity contribution in [2.24, 2.45) is 0 Å². The summed E-state index contributed by atoms with van der Waals surface area (Å²) in [6.07, 6.45) is 5.09. The summed E-state index contributed by atoms with van der Waals surface area (Å²) in [5.41, 5.74) is 2.06. The van der Waals surface area contributed by atoms with Gasteiger partial charge in [0.25, 0.3) is 0 Å². The zero-order chi connectivity index (χ0) is 12.3. The van der Waals surface area contributed by atoms with Gasteiger partial charge in [-0.1, -0.05) is 36.4 Å². The largest absolute Gasteiger partial charge is 0.496 e. The number of ether oxygens (including phenoxy) is 2. The van der Waals surface area contributed by atoms with E-state index in [1.54, 1.807) is 14.2 Å². The van der Waals surface area contributed by atoms with Gasteiger partial charge in [0, 0.05) is 12.7 Å². The summed E-state index contributed by atoms with van der Waals surface area (Å²) in [4.78, 5) is 0. The Balaban J connectivity index is 2.36. The second kappa shape index (κ2) is 4.76. The molecule has 2 heteroatoms. The molecule has 1 aromatic rings. The lowest BCUT2D eigenvalue weighted by molar-refractivity contribution is 0.0468. The molecule has 0 aliphatic heterocycles. The predicted molar refractivity (Wildman–Crippen MR) is 69.5 cm³/mol. The van der Waals surface area contributed by atoms with Crippen LogP contribution in [0.2, 0.25) is 0 Å². The first-order chi connectivity index (χ1) is 8.18. The third kappa shape index (κ3) is 2.42. The minimum absolute atomic E-state index is 0.260. The van der Waals surface area contributed by atoms with Gasteiger partial charge in [-0.3, -0.25) is 0 Å². The molecule has 0 amide bonds. The second-order valence-electron chi connectivity index (χ2n) is 4.42. The summed E-state index contributed by atoms with van der Waals surface area (Å²) >= 11 is 0. The molecule has 0 fully saturated rings. The molecule has 1 aliphatic carbocycles. The van der Waals surface area contributed by atoms with Crippen molar-refractivity contribution in [3.05, 3.63) is 53.8 Å². The fourth-order valence-electron chi connectivity index (χ4n) is 2.01. The van der Waals surface area contributed by atoms with Gasteiger partial charge in [-0.15, -0.1) is 0 Å². The summed E-state index contributed by atoms with van der Waals surface area (Å²) in [7, 11) is 3.43. The lowest BCUT2D eigenvalue weighted by Crippen LogP contribution is -2.26. The highest BCUT2D eigenvalue weighted by atomic mass is 16.5. The Morgan fingerprint density at radius 2 is 1.82 bits per heavy atom. The highest BCUT2D eigenvalue weighted by molar-refractivity contribution is 5.78. The molecule has 2 nitrogen and oxygen atoms in total. The van der Waals surface area contributed by atoms with Crippen molar-refractivity contribution in [2.75, 3.05) is 14.2 Å². The van der Waals surface area contributed by atoms with Gasteiger partial charge in [0.05, 0.1) is 12.7 Å². The molecule has 0 saturated carbocycles. The summed E-state index contributed by atoms with van der Waals surface area (Å²) in [5.74, 6) is 0.881. The van der Waals surface area contributed by atoms with Gasteiger partial charge in [-0.2, -0.15) is 0 Å². The number of hydrogen-bond donors (Lipinski definition) is 0. The SMILES string of the molecule is COC1=C[C@@](C)(OC)CC=C1c1ccccc1. The Hall–Kier alpha value is -1.54. The Kier molecular flexibility index (Phi) is 3.34. The molecule has 0 spiro atoms. The van der Waals surface area contributed by atoms with E-state index in [1.165, 1.54) is 5.56 Å². The maximum absolute atomic E-state index is 5.49. The molecule has 0 N–H and O–H groups in total. The van der Waals surface area contributed by atoms with Crippen LogP contribution < -0.4 is 0 Å². The van der Waals surface area contributed by atoms with E-state index >= 15 is 0 Å². The second-order valence-corrected chi connectivity index (χ2v) is 4.42. The van der Waals surface area contributed by atoms with E-state index in [-0.39, 0.29) is 5.60 Å². The van der Waals surface area contributed by atoms with Crippen molar-refractivity contribution < 1.29 is 9.47 Å². The van der Waals surface area contributed by atoms with E-state index in [1.807, 2.05) is 18.2 Å². The van der Waals surface area contributed by atoms with Crippen LogP contribution in [0.3, 0.4) is 0 Å². The highest BCUT2D eigenvalue weighted by Crippen LogP contribution is 2.34. The van der Waals surface area contributed by atoms with E-state index in [4.69, 9.17) is 9.47 Å². The minimum atomic E-state index is -0.260. The molecule has 90 valence electrons. The summed E-state index contributed by atoms with van der Waals surface area (Å²) in [5, 5.41) is 0. The van der Waals surface area contributed by atoms with Crippen LogP contribution in [-0.4, -0.2) is 19.8 Å². The average molecular weight is 230 g/mol. The molecule has 1 aromatic carbocycles. The third-order valence-electron chi connectivity index (χ3n) is 3.18. The molecule has 0 bridgehead atoms. The van der Waals surface area contributed by atoms with Gasteiger partial charge in [0.2, 0.25) is 0 Å². The van der Waals surface area contributed by atoms with Crippen molar-refractivity contribution in [1.29, 1.82) is 0 Å². The molecule has 1 atom stereocenters.